The van der Waals surface area contributed by atoms with E-state index in [4.69, 9.17) is 4.98 Å². The van der Waals surface area contributed by atoms with Gasteiger partial charge in [0, 0.05) is 51.3 Å². The molecule has 11 rings (SSSR count). The van der Waals surface area contributed by atoms with Gasteiger partial charge in [-0.2, -0.15) is 0 Å². The fraction of sp³-hybridized carbons (Fsp3) is 0.0714. The van der Waals surface area contributed by atoms with Crippen molar-refractivity contribution in [2.45, 2.75) is 26.2 Å². The second kappa shape index (κ2) is 14.1. The molecular formula is C56H42N4. The largest absolute Gasteiger partial charge is 0.310 e. The van der Waals surface area contributed by atoms with Crippen LogP contribution < -0.4 is 4.90 Å². The van der Waals surface area contributed by atoms with Crippen LogP contribution in [0.1, 0.15) is 30.5 Å². The van der Waals surface area contributed by atoms with Gasteiger partial charge < -0.3 is 9.47 Å². The van der Waals surface area contributed by atoms with E-state index in [2.05, 4.69) is 205 Å². The molecule has 0 atom stereocenters. The molecule has 4 heteroatoms. The standard InChI is InChI=1S/C56H42N4/c1-37-19-27-54-48(32-37)49-35-44(25-28-55(49)60(54)45-29-31-58-53(36-45)52-18-9-10-30-57-52)59(42-23-20-39(21-24-42)38-12-5-4-6-13-38)43-15-11-14-40(33-43)41-22-26-47-46-16-7-8-17-50(46)56(2,3)51(47)34-41/h4-36H,1-3H3. The summed E-state index contributed by atoms with van der Waals surface area (Å²) in [6.07, 6.45) is 3.70. The number of hydrogen-bond acceptors (Lipinski definition) is 3. The van der Waals surface area contributed by atoms with Gasteiger partial charge in [-0.3, -0.25) is 9.97 Å². The third-order valence-corrected chi connectivity index (χ3v) is 12.3. The predicted molar refractivity (Wildman–Crippen MR) is 250 cm³/mol. The molecule has 7 aromatic carbocycles. The second-order valence-electron chi connectivity index (χ2n) is 16.4. The minimum atomic E-state index is -0.0741. The van der Waals surface area contributed by atoms with Gasteiger partial charge in [-0.25, -0.2) is 0 Å². The van der Waals surface area contributed by atoms with Crippen molar-refractivity contribution in [1.29, 1.82) is 0 Å². The molecule has 0 saturated heterocycles. The number of anilines is 3. The van der Waals surface area contributed by atoms with E-state index in [1.807, 2.05) is 30.6 Å². The maximum absolute atomic E-state index is 4.70. The molecule has 0 aliphatic heterocycles. The number of nitrogens with zero attached hydrogens (tertiary/aromatic N) is 4. The minimum absolute atomic E-state index is 0.0741. The summed E-state index contributed by atoms with van der Waals surface area (Å²) in [6, 6.07) is 68.3. The van der Waals surface area contributed by atoms with Gasteiger partial charge in [-0.15, -0.1) is 0 Å². The molecule has 1 aliphatic carbocycles. The first-order chi connectivity index (χ1) is 29.4. The average Bonchev–Trinajstić information content (AvgIpc) is 3.74. The smallest absolute Gasteiger partial charge is 0.0906 e. The van der Waals surface area contributed by atoms with Crippen molar-refractivity contribution in [3.05, 3.63) is 217 Å². The lowest BCUT2D eigenvalue weighted by atomic mass is 9.81. The summed E-state index contributed by atoms with van der Waals surface area (Å²) in [5.41, 5.74) is 19.6. The van der Waals surface area contributed by atoms with Gasteiger partial charge in [-0.1, -0.05) is 123 Å². The quantitative estimate of drug-likeness (QED) is 0.162. The topological polar surface area (TPSA) is 34.0 Å². The number of hydrogen-bond donors (Lipinski definition) is 0. The van der Waals surface area contributed by atoms with E-state index in [0.717, 1.165) is 45.2 Å². The molecule has 0 saturated carbocycles. The number of aryl methyl sites for hydroxylation is 1. The van der Waals surface area contributed by atoms with E-state index in [1.165, 1.54) is 60.8 Å². The lowest BCUT2D eigenvalue weighted by Crippen LogP contribution is -2.14. The molecule has 0 fully saturated rings. The molecule has 10 aromatic rings. The predicted octanol–water partition coefficient (Wildman–Crippen LogP) is 14.7. The van der Waals surface area contributed by atoms with E-state index in [9.17, 15) is 0 Å². The summed E-state index contributed by atoms with van der Waals surface area (Å²) < 4.78 is 2.36. The molecule has 0 bridgehead atoms. The normalized spacial score (nSPS) is 12.7. The highest BCUT2D eigenvalue weighted by atomic mass is 15.1. The van der Waals surface area contributed by atoms with E-state index in [-0.39, 0.29) is 5.41 Å². The van der Waals surface area contributed by atoms with Crippen molar-refractivity contribution in [2.75, 3.05) is 4.90 Å². The zero-order valence-electron chi connectivity index (χ0n) is 33.8. The first-order valence-electron chi connectivity index (χ1n) is 20.6. The summed E-state index contributed by atoms with van der Waals surface area (Å²) >= 11 is 0. The number of rotatable bonds is 7. The molecule has 0 amide bonds. The second-order valence-corrected chi connectivity index (χ2v) is 16.4. The van der Waals surface area contributed by atoms with Crippen LogP contribution in [0.2, 0.25) is 0 Å². The van der Waals surface area contributed by atoms with Crippen LogP contribution in [0, 0.1) is 6.92 Å². The van der Waals surface area contributed by atoms with Crippen molar-refractivity contribution in [2.24, 2.45) is 0 Å². The van der Waals surface area contributed by atoms with E-state index in [0.29, 0.717) is 0 Å². The highest BCUT2D eigenvalue weighted by Crippen LogP contribution is 2.50. The average molecular weight is 771 g/mol. The van der Waals surface area contributed by atoms with Gasteiger partial charge in [0.25, 0.3) is 0 Å². The van der Waals surface area contributed by atoms with Crippen LogP contribution in [-0.4, -0.2) is 14.5 Å². The zero-order chi connectivity index (χ0) is 40.4. The van der Waals surface area contributed by atoms with E-state index >= 15 is 0 Å². The van der Waals surface area contributed by atoms with Gasteiger partial charge in [0.2, 0.25) is 0 Å². The molecule has 0 N–H and O–H groups in total. The Balaban J connectivity index is 1.07. The van der Waals surface area contributed by atoms with Crippen LogP contribution in [0.4, 0.5) is 17.1 Å². The molecule has 0 spiro atoms. The van der Waals surface area contributed by atoms with Gasteiger partial charge in [0.05, 0.1) is 22.4 Å². The lowest BCUT2D eigenvalue weighted by Gasteiger charge is -2.27. The first-order valence-corrected chi connectivity index (χ1v) is 20.6. The maximum atomic E-state index is 4.70. The monoisotopic (exact) mass is 770 g/mol. The summed E-state index contributed by atoms with van der Waals surface area (Å²) in [5, 5.41) is 2.39. The number of aromatic nitrogens is 3. The fourth-order valence-electron chi connectivity index (χ4n) is 9.34. The molecule has 0 unspecified atom stereocenters. The Morgan fingerprint density at radius 3 is 1.92 bits per heavy atom. The highest BCUT2D eigenvalue weighted by Gasteiger charge is 2.35. The van der Waals surface area contributed by atoms with Crippen LogP contribution in [0.25, 0.3) is 72.3 Å². The van der Waals surface area contributed by atoms with Crippen molar-refractivity contribution in [1.82, 2.24) is 14.5 Å². The Kier molecular flexibility index (Phi) is 8.35. The van der Waals surface area contributed by atoms with Crippen LogP contribution in [0.5, 0.6) is 0 Å². The van der Waals surface area contributed by atoms with Crippen LogP contribution in [-0.2, 0) is 5.41 Å². The van der Waals surface area contributed by atoms with Crippen molar-refractivity contribution in [3.63, 3.8) is 0 Å². The highest BCUT2D eigenvalue weighted by molar-refractivity contribution is 6.11. The number of fused-ring (bicyclic) bond motifs is 6. The van der Waals surface area contributed by atoms with Gasteiger partial charge in [0.15, 0.2) is 0 Å². The van der Waals surface area contributed by atoms with Crippen molar-refractivity contribution in [3.8, 4) is 50.5 Å². The molecule has 3 heterocycles. The third-order valence-electron chi connectivity index (χ3n) is 12.3. The first kappa shape index (κ1) is 35.6. The Morgan fingerprint density at radius 2 is 1.08 bits per heavy atom. The summed E-state index contributed by atoms with van der Waals surface area (Å²) in [6.45, 7) is 6.87. The molecule has 60 heavy (non-hydrogen) atoms. The number of benzene rings is 7. The Hall–Kier alpha value is -7.56. The zero-order valence-corrected chi connectivity index (χ0v) is 33.8. The van der Waals surface area contributed by atoms with Crippen LogP contribution in [0.3, 0.4) is 0 Å². The molecule has 0 radical (unpaired) electrons. The van der Waals surface area contributed by atoms with E-state index < -0.39 is 0 Å². The fourth-order valence-corrected chi connectivity index (χ4v) is 9.34. The van der Waals surface area contributed by atoms with Crippen LogP contribution >= 0.6 is 0 Å². The van der Waals surface area contributed by atoms with Crippen molar-refractivity contribution < 1.29 is 0 Å². The summed E-state index contributed by atoms with van der Waals surface area (Å²) in [5.74, 6) is 0. The Bertz CT molecular complexity index is 3230. The summed E-state index contributed by atoms with van der Waals surface area (Å²) in [7, 11) is 0. The molecule has 4 nitrogen and oxygen atoms in total. The molecular weight excluding hydrogens is 729 g/mol. The van der Waals surface area contributed by atoms with Crippen LogP contribution in [0.15, 0.2) is 200 Å². The lowest BCUT2D eigenvalue weighted by molar-refractivity contribution is 0.660. The number of pyridine rings is 2. The van der Waals surface area contributed by atoms with E-state index in [1.54, 1.807) is 0 Å². The van der Waals surface area contributed by atoms with Gasteiger partial charge in [-0.05, 0) is 136 Å². The minimum Gasteiger partial charge on any atom is -0.310 e. The molecule has 286 valence electrons. The summed E-state index contributed by atoms with van der Waals surface area (Å²) in [4.78, 5) is 11.7. The maximum Gasteiger partial charge on any atom is 0.0906 e. The SMILES string of the molecule is Cc1ccc2c(c1)c1cc(N(c3ccc(-c4ccccc4)cc3)c3cccc(-c4ccc5c(c4)C(C)(C)c4ccccc4-5)c3)ccc1n2-c1ccnc(-c2ccccn2)c1. The van der Waals surface area contributed by atoms with Gasteiger partial charge >= 0.3 is 0 Å². The van der Waals surface area contributed by atoms with Crippen molar-refractivity contribution >= 4 is 38.9 Å². The molecule has 3 aromatic heterocycles. The third kappa shape index (κ3) is 5.91. The van der Waals surface area contributed by atoms with Gasteiger partial charge in [0.1, 0.15) is 0 Å². The Morgan fingerprint density at radius 1 is 0.433 bits per heavy atom. The Labute approximate surface area is 350 Å². The molecule has 1 aliphatic rings.